The average molecular weight is 285 g/mol. The highest BCUT2D eigenvalue weighted by Crippen LogP contribution is 2.47. The number of fused-ring (bicyclic) bond motifs is 2. The number of nitrogens with zero attached hydrogens (tertiary/aromatic N) is 1. The van der Waals surface area contributed by atoms with Crippen molar-refractivity contribution in [1.29, 1.82) is 0 Å². The van der Waals surface area contributed by atoms with E-state index >= 15 is 0 Å². The second-order valence-electron chi connectivity index (χ2n) is 4.68. The van der Waals surface area contributed by atoms with E-state index in [1.165, 1.54) is 28.3 Å². The Morgan fingerprint density at radius 2 is 1.90 bits per heavy atom. The lowest BCUT2D eigenvalue weighted by Crippen LogP contribution is -2.15. The van der Waals surface area contributed by atoms with Crippen LogP contribution in [0.15, 0.2) is 52.3 Å². The van der Waals surface area contributed by atoms with E-state index < -0.39 is 0 Å². The van der Waals surface area contributed by atoms with Crippen LogP contribution in [0.25, 0.3) is 0 Å². The first-order chi connectivity index (χ1) is 9.69. The molecule has 2 aromatic rings. The number of benzene rings is 2. The molecule has 1 aliphatic heterocycles. The van der Waals surface area contributed by atoms with Crippen LogP contribution in [0.4, 0.5) is 11.4 Å². The standard InChI is InChI=1S/C16H15NO2S/c1-17-12-5-3-4-6-14(12)20-15-9-11(7-8-13(15)17)10-16(18)19-2/h3-9H,10H2,1-2H3. The summed E-state index contributed by atoms with van der Waals surface area (Å²) in [7, 11) is 3.48. The van der Waals surface area contributed by atoms with Gasteiger partial charge in [-0.3, -0.25) is 4.79 Å². The predicted molar refractivity (Wildman–Crippen MR) is 80.8 cm³/mol. The van der Waals surface area contributed by atoms with Crippen molar-refractivity contribution in [2.45, 2.75) is 16.2 Å². The molecule has 0 aromatic heterocycles. The summed E-state index contributed by atoms with van der Waals surface area (Å²) in [5, 5.41) is 0. The highest BCUT2D eigenvalue weighted by atomic mass is 32.2. The number of methoxy groups -OCH3 is 1. The van der Waals surface area contributed by atoms with Crippen molar-refractivity contribution in [3.8, 4) is 0 Å². The fraction of sp³-hybridized carbons (Fsp3) is 0.188. The van der Waals surface area contributed by atoms with Gasteiger partial charge in [-0.1, -0.05) is 30.0 Å². The van der Waals surface area contributed by atoms with E-state index in [2.05, 4.69) is 36.2 Å². The summed E-state index contributed by atoms with van der Waals surface area (Å²) >= 11 is 1.74. The van der Waals surface area contributed by atoms with Gasteiger partial charge in [0.05, 0.1) is 24.9 Å². The summed E-state index contributed by atoms with van der Waals surface area (Å²) in [4.78, 5) is 16.0. The van der Waals surface area contributed by atoms with Crippen molar-refractivity contribution in [2.24, 2.45) is 0 Å². The first-order valence-electron chi connectivity index (χ1n) is 6.39. The van der Waals surface area contributed by atoms with Gasteiger partial charge in [0.1, 0.15) is 0 Å². The smallest absolute Gasteiger partial charge is 0.309 e. The minimum absolute atomic E-state index is 0.209. The van der Waals surface area contributed by atoms with Gasteiger partial charge in [-0.05, 0) is 29.8 Å². The van der Waals surface area contributed by atoms with E-state index in [1.807, 2.05) is 18.2 Å². The molecule has 0 fully saturated rings. The van der Waals surface area contributed by atoms with Crippen molar-refractivity contribution in [1.82, 2.24) is 0 Å². The summed E-state index contributed by atoms with van der Waals surface area (Å²) in [6, 6.07) is 14.5. The highest BCUT2D eigenvalue weighted by Gasteiger charge is 2.20. The van der Waals surface area contributed by atoms with Crippen molar-refractivity contribution in [2.75, 3.05) is 19.1 Å². The minimum Gasteiger partial charge on any atom is -0.469 e. The minimum atomic E-state index is -0.209. The van der Waals surface area contributed by atoms with Gasteiger partial charge in [0, 0.05) is 16.8 Å². The monoisotopic (exact) mass is 285 g/mol. The third-order valence-electron chi connectivity index (χ3n) is 3.41. The van der Waals surface area contributed by atoms with Crippen LogP contribution < -0.4 is 4.90 Å². The van der Waals surface area contributed by atoms with Crippen LogP contribution in [0.1, 0.15) is 5.56 Å². The molecule has 0 bridgehead atoms. The van der Waals surface area contributed by atoms with Crippen LogP contribution in [0.3, 0.4) is 0 Å². The van der Waals surface area contributed by atoms with Gasteiger partial charge >= 0.3 is 5.97 Å². The maximum Gasteiger partial charge on any atom is 0.309 e. The van der Waals surface area contributed by atoms with E-state index in [0.717, 1.165) is 5.56 Å². The fourth-order valence-corrected chi connectivity index (χ4v) is 3.55. The van der Waals surface area contributed by atoms with E-state index in [1.54, 1.807) is 11.8 Å². The highest BCUT2D eigenvalue weighted by molar-refractivity contribution is 7.99. The Morgan fingerprint density at radius 3 is 2.70 bits per heavy atom. The third-order valence-corrected chi connectivity index (χ3v) is 4.52. The molecule has 0 N–H and O–H groups in total. The molecule has 102 valence electrons. The average Bonchev–Trinajstić information content (AvgIpc) is 2.47. The number of hydrogen-bond donors (Lipinski definition) is 0. The first kappa shape index (κ1) is 13.1. The van der Waals surface area contributed by atoms with Crippen LogP contribution in [0.5, 0.6) is 0 Å². The zero-order chi connectivity index (χ0) is 14.1. The number of esters is 1. The van der Waals surface area contributed by atoms with Crippen LogP contribution in [0.2, 0.25) is 0 Å². The largest absolute Gasteiger partial charge is 0.469 e. The van der Waals surface area contributed by atoms with Crippen molar-refractivity contribution in [3.63, 3.8) is 0 Å². The second kappa shape index (κ2) is 5.21. The van der Waals surface area contributed by atoms with Gasteiger partial charge in [-0.2, -0.15) is 0 Å². The maximum absolute atomic E-state index is 11.4. The fourth-order valence-electron chi connectivity index (χ4n) is 2.33. The normalized spacial score (nSPS) is 12.6. The van der Waals surface area contributed by atoms with Crippen LogP contribution in [-0.4, -0.2) is 20.1 Å². The predicted octanol–water partition coefficient (Wildman–Crippen LogP) is 3.63. The van der Waals surface area contributed by atoms with E-state index in [0.29, 0.717) is 6.42 Å². The van der Waals surface area contributed by atoms with Gasteiger partial charge in [0.25, 0.3) is 0 Å². The molecule has 0 saturated carbocycles. The molecule has 0 amide bonds. The Bertz CT molecular complexity index is 669. The second-order valence-corrected chi connectivity index (χ2v) is 5.77. The van der Waals surface area contributed by atoms with Gasteiger partial charge in [0.15, 0.2) is 0 Å². The van der Waals surface area contributed by atoms with E-state index in [-0.39, 0.29) is 5.97 Å². The molecule has 0 atom stereocenters. The Kier molecular flexibility index (Phi) is 3.40. The van der Waals surface area contributed by atoms with Gasteiger partial charge < -0.3 is 9.64 Å². The molecule has 2 aromatic carbocycles. The molecule has 1 heterocycles. The summed E-state index contributed by atoms with van der Waals surface area (Å²) in [5.41, 5.74) is 3.36. The van der Waals surface area contributed by atoms with Gasteiger partial charge in [0.2, 0.25) is 0 Å². The molecule has 0 saturated heterocycles. The first-order valence-corrected chi connectivity index (χ1v) is 7.21. The third kappa shape index (κ3) is 2.27. The number of hydrogen-bond acceptors (Lipinski definition) is 4. The Labute approximate surface area is 122 Å². The zero-order valence-electron chi connectivity index (χ0n) is 11.4. The number of carbonyl (C=O) groups excluding carboxylic acids is 1. The lowest BCUT2D eigenvalue weighted by atomic mass is 10.1. The Morgan fingerprint density at radius 1 is 1.15 bits per heavy atom. The maximum atomic E-state index is 11.4. The molecule has 3 rings (SSSR count). The quantitative estimate of drug-likeness (QED) is 0.788. The van der Waals surface area contributed by atoms with Gasteiger partial charge in [-0.25, -0.2) is 0 Å². The molecule has 0 unspecified atom stereocenters. The molecule has 0 aliphatic carbocycles. The van der Waals surface area contributed by atoms with Gasteiger partial charge in [-0.15, -0.1) is 0 Å². The van der Waals surface area contributed by atoms with Crippen LogP contribution in [0, 0.1) is 0 Å². The Balaban J connectivity index is 1.96. The lowest BCUT2D eigenvalue weighted by molar-refractivity contribution is -0.139. The number of rotatable bonds is 2. The molecule has 4 heteroatoms. The molecule has 3 nitrogen and oxygen atoms in total. The Hall–Kier alpha value is -1.94. The lowest BCUT2D eigenvalue weighted by Gasteiger charge is -2.29. The van der Waals surface area contributed by atoms with E-state index in [4.69, 9.17) is 4.74 Å². The number of carbonyl (C=O) groups is 1. The molecule has 1 aliphatic rings. The summed E-state index contributed by atoms with van der Waals surface area (Å²) in [6.07, 6.45) is 0.315. The van der Waals surface area contributed by atoms with Crippen LogP contribution in [-0.2, 0) is 16.0 Å². The van der Waals surface area contributed by atoms with Crippen LogP contribution >= 0.6 is 11.8 Å². The molecule has 0 radical (unpaired) electrons. The summed E-state index contributed by atoms with van der Waals surface area (Å²) < 4.78 is 4.72. The van der Waals surface area contributed by atoms with Crippen molar-refractivity contribution in [3.05, 3.63) is 48.0 Å². The summed E-state index contributed by atoms with van der Waals surface area (Å²) in [5.74, 6) is -0.209. The number of ether oxygens (including phenoxy) is 1. The summed E-state index contributed by atoms with van der Waals surface area (Å²) in [6.45, 7) is 0. The number of para-hydroxylation sites is 1. The van der Waals surface area contributed by atoms with Crippen molar-refractivity contribution < 1.29 is 9.53 Å². The van der Waals surface area contributed by atoms with E-state index in [9.17, 15) is 4.79 Å². The SMILES string of the molecule is COC(=O)Cc1ccc2c(c1)Sc1ccccc1N2C. The van der Waals surface area contributed by atoms with Crippen molar-refractivity contribution >= 4 is 29.1 Å². The number of anilines is 2. The molecule has 0 spiro atoms. The topological polar surface area (TPSA) is 29.5 Å². The molecular weight excluding hydrogens is 270 g/mol. The zero-order valence-corrected chi connectivity index (χ0v) is 12.2. The molecular formula is C16H15NO2S. The molecule has 20 heavy (non-hydrogen) atoms.